The fourth-order valence-electron chi connectivity index (χ4n) is 0. The van der Waals surface area contributed by atoms with Gasteiger partial charge in [-0.3, -0.25) is 0 Å². The maximum atomic E-state index is 7.88. The van der Waals surface area contributed by atoms with E-state index in [1.165, 1.54) is 0 Å². The summed E-state index contributed by atoms with van der Waals surface area (Å²) in [6.45, 7) is 0. The Hall–Kier alpha value is 1.09. The second-order valence-corrected chi connectivity index (χ2v) is 6.49. The summed E-state index contributed by atoms with van der Waals surface area (Å²) in [5.41, 5.74) is 0. The zero-order valence-corrected chi connectivity index (χ0v) is 5.34. The van der Waals surface area contributed by atoms with Crippen LogP contribution in [0.2, 0.25) is 0 Å². The van der Waals surface area contributed by atoms with E-state index >= 15 is 0 Å². The topological polar surface area (TPSA) is 20.2 Å². The van der Waals surface area contributed by atoms with E-state index in [-0.39, 0.29) is 0 Å². The molecule has 0 amide bonds. The molecule has 4 heavy (non-hydrogen) atoms. The molecule has 0 saturated heterocycles. The van der Waals surface area contributed by atoms with E-state index in [0.717, 1.165) is 0 Å². The molecule has 25 valence electrons. The molecule has 4 heteroatoms. The molecular formula is H2AsOS2. The molecular weight excluding hydrogens is 155 g/mol. The second-order valence-electron chi connectivity index (χ2n) is 0.253. The molecule has 0 aliphatic carbocycles. The van der Waals surface area contributed by atoms with Crippen molar-refractivity contribution in [3.8, 4) is 0 Å². The maximum absolute atomic E-state index is 7.88. The Morgan fingerprint density at radius 1 is 2.00 bits per heavy atom. The summed E-state index contributed by atoms with van der Waals surface area (Å²) < 4.78 is 7.88. The quantitative estimate of drug-likeness (QED) is 0.384. The van der Waals surface area contributed by atoms with Gasteiger partial charge in [0.25, 0.3) is 0 Å². The van der Waals surface area contributed by atoms with E-state index in [1.807, 2.05) is 0 Å². The van der Waals surface area contributed by atoms with Crippen LogP contribution in [-0.2, 0) is 0 Å². The summed E-state index contributed by atoms with van der Waals surface area (Å²) in [5, 5.41) is 0. The molecule has 0 aromatic rings. The average molecular weight is 157 g/mol. The van der Waals surface area contributed by atoms with Gasteiger partial charge in [-0.2, -0.15) is 0 Å². The first-order chi connectivity index (χ1) is 1.73. The number of hydrogen-bond acceptors (Lipinski definition) is 1. The molecule has 0 fully saturated rings. The first-order valence-corrected chi connectivity index (χ1v) is 7.00. The van der Waals surface area contributed by atoms with Crippen LogP contribution < -0.4 is 0 Å². The molecule has 1 N–H and O–H groups in total. The van der Waals surface area contributed by atoms with Crippen molar-refractivity contribution in [1.29, 1.82) is 0 Å². The van der Waals surface area contributed by atoms with Crippen LogP contribution >= 0.6 is 21.3 Å². The molecule has 0 aliphatic heterocycles. The van der Waals surface area contributed by atoms with Gasteiger partial charge in [-0.05, 0) is 0 Å². The summed E-state index contributed by atoms with van der Waals surface area (Å²) >= 11 is -1.91. The Bertz CT molecular complexity index is 29.0. The standard InChI is InChI=1S/AsH2OS2/c2-1(3)4/h(H2,2,3,4). The van der Waals surface area contributed by atoms with Gasteiger partial charge in [0.15, 0.2) is 0 Å². The number of hydrogen-bond donors (Lipinski definition) is 2. The van der Waals surface area contributed by atoms with E-state index in [9.17, 15) is 0 Å². The zero-order chi connectivity index (χ0) is 3.58. The van der Waals surface area contributed by atoms with Gasteiger partial charge in [-0.25, -0.2) is 0 Å². The third-order valence-corrected chi connectivity index (χ3v) is 0. The van der Waals surface area contributed by atoms with Gasteiger partial charge in [-0.1, -0.05) is 0 Å². The van der Waals surface area contributed by atoms with E-state index in [1.54, 1.807) is 0 Å². The first kappa shape index (κ1) is 5.09. The third-order valence-electron chi connectivity index (χ3n) is 0. The molecule has 1 nitrogen and oxygen atoms in total. The van der Waals surface area contributed by atoms with Gasteiger partial charge in [0.05, 0.1) is 0 Å². The van der Waals surface area contributed by atoms with Crippen LogP contribution in [0.3, 0.4) is 0 Å². The van der Waals surface area contributed by atoms with E-state index in [4.69, 9.17) is 4.10 Å². The van der Waals surface area contributed by atoms with E-state index in [2.05, 4.69) is 21.3 Å². The number of thiol groups is 1. The van der Waals surface area contributed by atoms with Crippen LogP contribution in [0.15, 0.2) is 0 Å². The second kappa shape index (κ2) is 2.33. The Labute approximate surface area is 37.8 Å². The first-order valence-electron chi connectivity index (χ1n) is 0.583. The Kier molecular flexibility index (Phi) is 2.97. The predicted molar refractivity (Wildman–Crippen MR) is 24.5 cm³/mol. The molecule has 0 bridgehead atoms. The van der Waals surface area contributed by atoms with Gasteiger partial charge >= 0.3 is 37.5 Å². The van der Waals surface area contributed by atoms with Crippen LogP contribution in [0, 0.1) is 0 Å². The van der Waals surface area contributed by atoms with Gasteiger partial charge < -0.3 is 0 Å². The summed E-state index contributed by atoms with van der Waals surface area (Å²) in [7, 11) is 7.67. The Morgan fingerprint density at radius 3 is 2.00 bits per heavy atom. The van der Waals surface area contributed by atoms with Crippen molar-refractivity contribution in [2.75, 3.05) is 0 Å². The van der Waals surface area contributed by atoms with Crippen molar-refractivity contribution in [1.82, 2.24) is 0 Å². The third kappa shape index (κ3) is 11.4. The summed E-state index contributed by atoms with van der Waals surface area (Å²) in [5.74, 6) is 0. The van der Waals surface area contributed by atoms with Gasteiger partial charge in [0, 0.05) is 0 Å². The molecule has 1 radical (unpaired) electrons. The van der Waals surface area contributed by atoms with Crippen molar-refractivity contribution >= 4 is 33.4 Å². The molecule has 0 heterocycles. The van der Waals surface area contributed by atoms with E-state index in [0.29, 0.717) is 0 Å². The summed E-state index contributed by atoms with van der Waals surface area (Å²) in [4.78, 5) is 0. The van der Waals surface area contributed by atoms with Crippen molar-refractivity contribution in [3.63, 3.8) is 0 Å². The molecule has 0 saturated carbocycles. The fourth-order valence-corrected chi connectivity index (χ4v) is 0. The minimum absolute atomic E-state index is 1.91. The number of rotatable bonds is 0. The molecule has 0 rings (SSSR count). The normalized spacial score (nSPS) is 11.0. The van der Waals surface area contributed by atoms with Gasteiger partial charge in [0.1, 0.15) is 0 Å². The van der Waals surface area contributed by atoms with Crippen molar-refractivity contribution < 1.29 is 4.10 Å². The van der Waals surface area contributed by atoms with E-state index < -0.39 is 12.2 Å². The average Bonchev–Trinajstić information content (AvgIpc) is 0.811. The van der Waals surface area contributed by atoms with Crippen LogP contribution in [0.5, 0.6) is 0 Å². The van der Waals surface area contributed by atoms with Crippen molar-refractivity contribution in [2.24, 2.45) is 0 Å². The predicted octanol–water partition coefficient (Wildman–Crippen LogP) is 0.0909. The SMILES string of the molecule is O[As](=S)S. The van der Waals surface area contributed by atoms with Crippen LogP contribution in [0.25, 0.3) is 0 Å². The minimum atomic E-state index is -1.91. The molecule has 0 aromatic heterocycles. The van der Waals surface area contributed by atoms with Crippen LogP contribution in [0.4, 0.5) is 0 Å². The van der Waals surface area contributed by atoms with Crippen molar-refractivity contribution in [3.05, 3.63) is 0 Å². The van der Waals surface area contributed by atoms with Crippen LogP contribution in [-0.4, -0.2) is 16.3 Å². The monoisotopic (exact) mass is 157 g/mol. The Balaban J connectivity index is 2.80. The van der Waals surface area contributed by atoms with Gasteiger partial charge in [-0.15, -0.1) is 0 Å². The fraction of sp³-hybridized carbons (Fsp3) is 0. The molecule has 1 atom stereocenters. The Morgan fingerprint density at radius 2 is 2.00 bits per heavy atom. The van der Waals surface area contributed by atoms with Crippen molar-refractivity contribution in [2.45, 2.75) is 0 Å². The summed E-state index contributed by atoms with van der Waals surface area (Å²) in [6.07, 6.45) is 0. The molecule has 0 spiro atoms. The molecule has 0 aromatic carbocycles. The molecule has 0 aliphatic rings. The summed E-state index contributed by atoms with van der Waals surface area (Å²) in [6, 6.07) is 0. The van der Waals surface area contributed by atoms with Crippen LogP contribution in [0.1, 0.15) is 0 Å². The zero-order valence-electron chi connectivity index (χ0n) is 1.75. The molecule has 1 unspecified atom stereocenters. The van der Waals surface area contributed by atoms with Gasteiger partial charge in [0.2, 0.25) is 0 Å².